The molecule has 0 fully saturated rings. The highest BCUT2D eigenvalue weighted by molar-refractivity contribution is 9.11. The van der Waals surface area contributed by atoms with Crippen LogP contribution in [-0.2, 0) is 0 Å². The first-order valence-corrected chi connectivity index (χ1v) is 7.50. The molecule has 0 aliphatic heterocycles. The largest absolute Gasteiger partial charge is 0.478 e. The first kappa shape index (κ1) is 14.1. The van der Waals surface area contributed by atoms with Crippen LogP contribution < -0.4 is 5.69 Å². The van der Waals surface area contributed by atoms with E-state index in [2.05, 4.69) is 36.8 Å². The normalized spacial score (nSPS) is 11.0. The molecule has 0 aliphatic rings. The van der Waals surface area contributed by atoms with Crippen molar-refractivity contribution in [2.75, 3.05) is 0 Å². The molecule has 0 atom stereocenters. The maximum Gasteiger partial charge on any atom is 0.337 e. The van der Waals surface area contributed by atoms with Gasteiger partial charge in [0.05, 0.1) is 22.3 Å². The van der Waals surface area contributed by atoms with Crippen molar-refractivity contribution in [1.29, 1.82) is 0 Å². The monoisotopic (exact) mass is 410 g/mol. The Kier molecular flexibility index (Phi) is 3.46. The van der Waals surface area contributed by atoms with Gasteiger partial charge in [-0.2, -0.15) is 0 Å². The number of hydrogen-bond acceptors (Lipinski definition) is 2. The fourth-order valence-electron chi connectivity index (χ4n) is 2.20. The lowest BCUT2D eigenvalue weighted by molar-refractivity contribution is 0.0699. The topological polar surface area (TPSA) is 75.1 Å². The number of para-hydroxylation sites is 1. The molecular formula is C14H8Br2N2O3. The zero-order valence-electron chi connectivity index (χ0n) is 10.4. The van der Waals surface area contributed by atoms with Crippen LogP contribution in [0.5, 0.6) is 0 Å². The standard InChI is InChI=1S/C14H8Br2N2O3/c15-7-4-5-9(16)11(6-7)18-10-3-1-2-8(13(19)20)12(10)17-14(18)21/h1-6H,(H,17,21)(H,19,20). The molecular weight excluding hydrogens is 404 g/mol. The molecule has 3 rings (SSSR count). The number of aromatic amines is 1. The minimum absolute atomic E-state index is 0.0643. The quantitative estimate of drug-likeness (QED) is 0.677. The summed E-state index contributed by atoms with van der Waals surface area (Å²) in [6.45, 7) is 0. The Morgan fingerprint density at radius 3 is 2.67 bits per heavy atom. The molecule has 0 saturated heterocycles. The van der Waals surface area contributed by atoms with E-state index in [9.17, 15) is 14.7 Å². The number of nitrogens with one attached hydrogen (secondary N) is 1. The molecule has 0 saturated carbocycles. The SMILES string of the molecule is O=C(O)c1cccc2c1[nH]c(=O)n2-c1cc(Br)ccc1Br. The average Bonchev–Trinajstić information content (AvgIpc) is 2.77. The van der Waals surface area contributed by atoms with Gasteiger partial charge in [-0.25, -0.2) is 9.59 Å². The van der Waals surface area contributed by atoms with Gasteiger partial charge in [-0.3, -0.25) is 4.57 Å². The Labute approximate surface area is 135 Å². The van der Waals surface area contributed by atoms with Crippen molar-refractivity contribution in [1.82, 2.24) is 9.55 Å². The number of hydrogen-bond donors (Lipinski definition) is 2. The fourth-order valence-corrected chi connectivity index (χ4v) is 2.98. The van der Waals surface area contributed by atoms with Crippen molar-refractivity contribution in [3.05, 3.63) is 61.4 Å². The second-order valence-corrected chi connectivity index (χ2v) is 6.14. The van der Waals surface area contributed by atoms with E-state index < -0.39 is 11.7 Å². The number of halogens is 2. The Bertz CT molecular complexity index is 928. The van der Waals surface area contributed by atoms with Gasteiger partial charge in [-0.1, -0.05) is 22.0 Å². The zero-order chi connectivity index (χ0) is 15.1. The summed E-state index contributed by atoms with van der Waals surface area (Å²) in [5, 5.41) is 9.20. The number of aromatic carboxylic acids is 1. The summed E-state index contributed by atoms with van der Waals surface area (Å²) in [6, 6.07) is 10.2. The number of imidazole rings is 1. The first-order chi connectivity index (χ1) is 9.99. The number of H-pyrrole nitrogens is 1. The highest BCUT2D eigenvalue weighted by atomic mass is 79.9. The van der Waals surface area contributed by atoms with E-state index in [0.29, 0.717) is 16.7 Å². The van der Waals surface area contributed by atoms with Gasteiger partial charge in [-0.15, -0.1) is 0 Å². The molecule has 0 bridgehead atoms. The van der Waals surface area contributed by atoms with Gasteiger partial charge < -0.3 is 10.1 Å². The van der Waals surface area contributed by atoms with Crippen LogP contribution in [0.4, 0.5) is 0 Å². The van der Waals surface area contributed by atoms with Crippen molar-refractivity contribution in [2.24, 2.45) is 0 Å². The van der Waals surface area contributed by atoms with Crippen LogP contribution in [0.25, 0.3) is 16.7 Å². The summed E-state index contributed by atoms with van der Waals surface area (Å²) in [6.07, 6.45) is 0. The third-order valence-electron chi connectivity index (χ3n) is 3.10. The predicted octanol–water partition coefficient (Wildman–Crippen LogP) is 3.54. The molecule has 3 aromatic rings. The Balaban J connectivity index is 2.42. The lowest BCUT2D eigenvalue weighted by atomic mass is 10.2. The average molecular weight is 412 g/mol. The number of carboxylic acids is 1. The van der Waals surface area contributed by atoms with Crippen LogP contribution in [0.1, 0.15) is 10.4 Å². The second-order valence-electron chi connectivity index (χ2n) is 4.37. The van der Waals surface area contributed by atoms with Gasteiger partial charge in [0.15, 0.2) is 0 Å². The van der Waals surface area contributed by atoms with Gasteiger partial charge in [0, 0.05) is 8.95 Å². The van der Waals surface area contributed by atoms with E-state index in [0.717, 1.165) is 8.95 Å². The van der Waals surface area contributed by atoms with Crippen molar-refractivity contribution in [3.63, 3.8) is 0 Å². The van der Waals surface area contributed by atoms with Crippen molar-refractivity contribution >= 4 is 48.9 Å². The maximum atomic E-state index is 12.3. The molecule has 21 heavy (non-hydrogen) atoms. The van der Waals surface area contributed by atoms with Crippen LogP contribution in [0.15, 0.2) is 50.1 Å². The smallest absolute Gasteiger partial charge is 0.337 e. The number of carbonyl (C=O) groups is 1. The summed E-state index contributed by atoms with van der Waals surface area (Å²) in [4.78, 5) is 26.1. The molecule has 2 N–H and O–H groups in total. The van der Waals surface area contributed by atoms with E-state index >= 15 is 0 Å². The number of rotatable bonds is 2. The van der Waals surface area contributed by atoms with Crippen LogP contribution in [0, 0.1) is 0 Å². The molecule has 0 aliphatic carbocycles. The number of carboxylic acid groups (broad SMARTS) is 1. The van der Waals surface area contributed by atoms with Crippen LogP contribution in [0.3, 0.4) is 0 Å². The summed E-state index contributed by atoms with van der Waals surface area (Å²) < 4.78 is 2.99. The van der Waals surface area contributed by atoms with Crippen LogP contribution >= 0.6 is 31.9 Å². The molecule has 2 aromatic carbocycles. The van der Waals surface area contributed by atoms with E-state index in [1.165, 1.54) is 10.6 Å². The summed E-state index contributed by atoms with van der Waals surface area (Å²) in [5.41, 5.74) is 1.12. The molecule has 1 aromatic heterocycles. The molecule has 0 spiro atoms. The van der Waals surface area contributed by atoms with Gasteiger partial charge in [0.1, 0.15) is 0 Å². The third-order valence-corrected chi connectivity index (χ3v) is 4.26. The Morgan fingerprint density at radius 1 is 1.19 bits per heavy atom. The zero-order valence-corrected chi connectivity index (χ0v) is 13.6. The molecule has 0 radical (unpaired) electrons. The van der Waals surface area contributed by atoms with Crippen molar-refractivity contribution < 1.29 is 9.90 Å². The number of aromatic nitrogens is 2. The van der Waals surface area contributed by atoms with Crippen LogP contribution in [-0.4, -0.2) is 20.6 Å². The molecule has 1 heterocycles. The first-order valence-electron chi connectivity index (χ1n) is 5.91. The van der Waals surface area contributed by atoms with E-state index in [1.54, 1.807) is 18.2 Å². The van der Waals surface area contributed by atoms with Gasteiger partial charge in [0.2, 0.25) is 0 Å². The summed E-state index contributed by atoms with van der Waals surface area (Å²) in [5.74, 6) is -1.08. The minimum Gasteiger partial charge on any atom is -0.478 e. The molecule has 106 valence electrons. The lowest BCUT2D eigenvalue weighted by Gasteiger charge is -2.07. The van der Waals surface area contributed by atoms with E-state index in [4.69, 9.17) is 0 Å². The van der Waals surface area contributed by atoms with E-state index in [-0.39, 0.29) is 5.56 Å². The van der Waals surface area contributed by atoms with Crippen LogP contribution in [0.2, 0.25) is 0 Å². The molecule has 7 heteroatoms. The second kappa shape index (κ2) is 5.16. The highest BCUT2D eigenvalue weighted by Gasteiger charge is 2.16. The third kappa shape index (κ3) is 2.32. The van der Waals surface area contributed by atoms with Gasteiger partial charge in [0.25, 0.3) is 0 Å². The minimum atomic E-state index is -1.08. The summed E-state index contributed by atoms with van der Waals surface area (Å²) >= 11 is 6.78. The number of nitrogens with zero attached hydrogens (tertiary/aromatic N) is 1. The summed E-state index contributed by atoms with van der Waals surface area (Å²) in [7, 11) is 0. The highest BCUT2D eigenvalue weighted by Crippen LogP contribution is 2.27. The number of benzene rings is 2. The Hall–Kier alpha value is -1.86. The van der Waals surface area contributed by atoms with Gasteiger partial charge in [-0.05, 0) is 46.3 Å². The Morgan fingerprint density at radius 2 is 1.95 bits per heavy atom. The molecule has 0 unspecified atom stereocenters. The van der Waals surface area contributed by atoms with Crippen molar-refractivity contribution in [2.45, 2.75) is 0 Å². The number of fused-ring (bicyclic) bond motifs is 1. The lowest BCUT2D eigenvalue weighted by Crippen LogP contribution is -2.15. The predicted molar refractivity (Wildman–Crippen MR) is 86.3 cm³/mol. The van der Waals surface area contributed by atoms with Crippen molar-refractivity contribution in [3.8, 4) is 5.69 Å². The van der Waals surface area contributed by atoms with Gasteiger partial charge >= 0.3 is 11.7 Å². The molecule has 5 nitrogen and oxygen atoms in total. The molecule has 0 amide bonds. The van der Waals surface area contributed by atoms with E-state index in [1.807, 2.05) is 12.1 Å². The maximum absolute atomic E-state index is 12.3. The fraction of sp³-hybridized carbons (Fsp3) is 0.